The van der Waals surface area contributed by atoms with Crippen molar-refractivity contribution < 1.29 is 13.2 Å². The summed E-state index contributed by atoms with van der Waals surface area (Å²) in [5.74, 6) is 0.178. The quantitative estimate of drug-likeness (QED) is 0.725. The number of fused-ring (bicyclic) bond motifs is 1. The van der Waals surface area contributed by atoms with Crippen molar-refractivity contribution >= 4 is 27.0 Å². The van der Waals surface area contributed by atoms with Crippen LogP contribution < -0.4 is 0 Å². The first-order valence-corrected chi connectivity index (χ1v) is 11.1. The SMILES string of the molecule is CCN(CC)S(=O)(=O)c1ccc2c(c1)ncn2CCC(=O)N1CCCCC1. The van der Waals surface area contributed by atoms with Crippen molar-refractivity contribution in [1.82, 2.24) is 18.8 Å². The molecule has 3 rings (SSSR count). The van der Waals surface area contributed by atoms with Gasteiger partial charge in [0.05, 0.1) is 22.3 Å². The summed E-state index contributed by atoms with van der Waals surface area (Å²) in [6, 6.07) is 5.02. The van der Waals surface area contributed by atoms with Crippen LogP contribution in [-0.4, -0.2) is 59.3 Å². The summed E-state index contributed by atoms with van der Waals surface area (Å²) in [7, 11) is -3.50. The van der Waals surface area contributed by atoms with Gasteiger partial charge in [-0.05, 0) is 37.5 Å². The van der Waals surface area contributed by atoms with Crippen molar-refractivity contribution in [2.24, 2.45) is 0 Å². The van der Waals surface area contributed by atoms with E-state index in [-0.39, 0.29) is 10.8 Å². The van der Waals surface area contributed by atoms with Crippen molar-refractivity contribution in [3.8, 4) is 0 Å². The fourth-order valence-electron chi connectivity index (χ4n) is 3.61. The smallest absolute Gasteiger partial charge is 0.243 e. The molecule has 2 heterocycles. The Morgan fingerprint density at radius 1 is 1.15 bits per heavy atom. The van der Waals surface area contributed by atoms with E-state index in [1.54, 1.807) is 24.5 Å². The number of carbonyl (C=O) groups is 1. The van der Waals surface area contributed by atoms with Crippen LogP contribution in [0.1, 0.15) is 39.5 Å². The third kappa shape index (κ3) is 4.16. The molecule has 0 aliphatic carbocycles. The van der Waals surface area contributed by atoms with E-state index in [1.807, 2.05) is 23.3 Å². The van der Waals surface area contributed by atoms with E-state index in [0.717, 1.165) is 31.4 Å². The zero-order valence-corrected chi connectivity index (χ0v) is 16.9. The zero-order valence-electron chi connectivity index (χ0n) is 16.1. The molecular formula is C19H28N4O3S. The van der Waals surface area contributed by atoms with E-state index in [2.05, 4.69) is 4.98 Å². The highest BCUT2D eigenvalue weighted by Gasteiger charge is 2.22. The number of piperidine rings is 1. The Kier molecular flexibility index (Phi) is 6.16. The Hall–Kier alpha value is -1.93. The van der Waals surface area contributed by atoms with Gasteiger partial charge in [-0.1, -0.05) is 13.8 Å². The molecule has 2 aromatic rings. The summed E-state index contributed by atoms with van der Waals surface area (Å²) in [6.45, 7) is 6.79. The van der Waals surface area contributed by atoms with Gasteiger partial charge >= 0.3 is 0 Å². The van der Waals surface area contributed by atoms with Crippen LogP contribution in [0.2, 0.25) is 0 Å². The molecule has 0 saturated carbocycles. The Bertz CT molecular complexity index is 897. The lowest BCUT2D eigenvalue weighted by Gasteiger charge is -2.26. The van der Waals surface area contributed by atoms with E-state index < -0.39 is 10.0 Å². The molecule has 1 aliphatic heterocycles. The topological polar surface area (TPSA) is 75.5 Å². The molecule has 27 heavy (non-hydrogen) atoms. The fraction of sp³-hybridized carbons (Fsp3) is 0.579. The molecule has 1 saturated heterocycles. The first-order chi connectivity index (χ1) is 13.0. The van der Waals surface area contributed by atoms with Crippen LogP contribution >= 0.6 is 0 Å². The minimum Gasteiger partial charge on any atom is -0.343 e. The average Bonchev–Trinajstić information content (AvgIpc) is 3.10. The summed E-state index contributed by atoms with van der Waals surface area (Å²) in [5, 5.41) is 0. The first-order valence-electron chi connectivity index (χ1n) is 9.70. The van der Waals surface area contributed by atoms with Crippen molar-refractivity contribution in [2.45, 2.75) is 51.0 Å². The highest BCUT2D eigenvalue weighted by atomic mass is 32.2. The number of likely N-dealkylation sites (tertiary alicyclic amines) is 1. The third-order valence-corrected chi connectivity index (χ3v) is 7.26. The molecular weight excluding hydrogens is 364 g/mol. The summed E-state index contributed by atoms with van der Waals surface area (Å²) in [6.07, 6.45) is 5.49. The lowest BCUT2D eigenvalue weighted by Crippen LogP contribution is -2.35. The first kappa shape index (κ1) is 19.8. The molecule has 0 bridgehead atoms. The van der Waals surface area contributed by atoms with Crippen LogP contribution in [0.4, 0.5) is 0 Å². The number of carbonyl (C=O) groups excluding carboxylic acids is 1. The molecule has 8 heteroatoms. The summed E-state index contributed by atoms with van der Waals surface area (Å²) in [4.78, 5) is 18.9. The molecule has 1 fully saturated rings. The fourth-order valence-corrected chi connectivity index (χ4v) is 5.09. The zero-order chi connectivity index (χ0) is 19.4. The van der Waals surface area contributed by atoms with Crippen molar-refractivity contribution in [2.75, 3.05) is 26.2 Å². The van der Waals surface area contributed by atoms with Crippen LogP contribution in [-0.2, 0) is 21.4 Å². The summed E-state index contributed by atoms with van der Waals surface area (Å²) >= 11 is 0. The van der Waals surface area contributed by atoms with Crippen molar-refractivity contribution in [1.29, 1.82) is 0 Å². The molecule has 0 spiro atoms. The van der Waals surface area contributed by atoms with Gasteiger partial charge in [0.15, 0.2) is 0 Å². The largest absolute Gasteiger partial charge is 0.343 e. The molecule has 1 aliphatic rings. The molecule has 148 valence electrons. The predicted molar refractivity (Wildman–Crippen MR) is 105 cm³/mol. The number of aryl methyl sites for hydroxylation is 1. The Balaban J connectivity index is 1.75. The molecule has 0 radical (unpaired) electrons. The van der Waals surface area contributed by atoms with Crippen molar-refractivity contribution in [3.63, 3.8) is 0 Å². The van der Waals surface area contributed by atoms with Crippen LogP contribution in [0.5, 0.6) is 0 Å². The van der Waals surface area contributed by atoms with E-state index in [4.69, 9.17) is 0 Å². The van der Waals surface area contributed by atoms with Gasteiger partial charge in [0, 0.05) is 39.1 Å². The number of sulfonamides is 1. The monoisotopic (exact) mass is 392 g/mol. The number of hydrogen-bond acceptors (Lipinski definition) is 4. The second kappa shape index (κ2) is 8.39. The Labute approximate surface area is 161 Å². The van der Waals surface area contributed by atoms with Crippen LogP contribution in [0, 0.1) is 0 Å². The second-order valence-corrected chi connectivity index (χ2v) is 8.81. The summed E-state index contributed by atoms with van der Waals surface area (Å²) in [5.41, 5.74) is 1.48. The van der Waals surface area contributed by atoms with Gasteiger partial charge in [0.1, 0.15) is 0 Å². The molecule has 0 atom stereocenters. The van der Waals surface area contributed by atoms with Gasteiger partial charge in [0.25, 0.3) is 0 Å². The normalized spacial score (nSPS) is 15.6. The minimum atomic E-state index is -3.50. The van der Waals surface area contributed by atoms with Gasteiger partial charge in [0.2, 0.25) is 15.9 Å². The van der Waals surface area contributed by atoms with Gasteiger partial charge in [-0.3, -0.25) is 4.79 Å². The molecule has 1 amide bonds. The molecule has 1 aromatic carbocycles. The highest BCUT2D eigenvalue weighted by Crippen LogP contribution is 2.21. The number of aromatic nitrogens is 2. The number of rotatable bonds is 7. The Morgan fingerprint density at radius 2 is 1.85 bits per heavy atom. The standard InChI is InChI=1S/C19H28N4O3S/c1-3-23(4-2)27(25,26)16-8-9-18-17(14-16)20-15-22(18)13-10-19(24)21-11-6-5-7-12-21/h8-9,14-15H,3-7,10-13H2,1-2H3. The third-order valence-electron chi connectivity index (χ3n) is 5.21. The highest BCUT2D eigenvalue weighted by molar-refractivity contribution is 7.89. The van der Waals surface area contributed by atoms with Crippen LogP contribution in [0.25, 0.3) is 11.0 Å². The van der Waals surface area contributed by atoms with Gasteiger partial charge < -0.3 is 9.47 Å². The van der Waals surface area contributed by atoms with Gasteiger partial charge in [-0.2, -0.15) is 4.31 Å². The van der Waals surface area contributed by atoms with E-state index >= 15 is 0 Å². The number of amides is 1. The Morgan fingerprint density at radius 3 is 2.52 bits per heavy atom. The lowest BCUT2D eigenvalue weighted by molar-refractivity contribution is -0.132. The number of imidazole rings is 1. The van der Waals surface area contributed by atoms with Crippen LogP contribution in [0.3, 0.4) is 0 Å². The lowest BCUT2D eigenvalue weighted by atomic mass is 10.1. The minimum absolute atomic E-state index is 0.178. The second-order valence-electron chi connectivity index (χ2n) is 6.87. The van der Waals surface area contributed by atoms with Gasteiger partial charge in [-0.15, -0.1) is 0 Å². The average molecular weight is 393 g/mol. The molecule has 0 N–H and O–H groups in total. The maximum Gasteiger partial charge on any atom is 0.243 e. The number of hydrogen-bond donors (Lipinski definition) is 0. The van der Waals surface area contributed by atoms with E-state index in [1.165, 1.54) is 10.7 Å². The number of benzene rings is 1. The van der Waals surface area contributed by atoms with Crippen molar-refractivity contribution in [3.05, 3.63) is 24.5 Å². The molecule has 7 nitrogen and oxygen atoms in total. The molecule has 0 unspecified atom stereocenters. The predicted octanol–water partition coefficient (Wildman–Crippen LogP) is 2.47. The maximum atomic E-state index is 12.7. The van der Waals surface area contributed by atoms with Crippen LogP contribution in [0.15, 0.2) is 29.4 Å². The van der Waals surface area contributed by atoms with E-state index in [9.17, 15) is 13.2 Å². The van der Waals surface area contributed by atoms with Gasteiger partial charge in [-0.25, -0.2) is 13.4 Å². The molecule has 1 aromatic heterocycles. The number of nitrogens with zero attached hydrogens (tertiary/aromatic N) is 4. The van der Waals surface area contributed by atoms with E-state index in [0.29, 0.717) is 31.6 Å². The maximum absolute atomic E-state index is 12.7. The summed E-state index contributed by atoms with van der Waals surface area (Å²) < 4.78 is 28.7.